The number of benzene rings is 4. The summed E-state index contributed by atoms with van der Waals surface area (Å²) in [4.78, 5) is 7.27. The Labute approximate surface area is 228 Å². The summed E-state index contributed by atoms with van der Waals surface area (Å²) in [5.41, 5.74) is 3.53. The van der Waals surface area contributed by atoms with Crippen molar-refractivity contribution in [2.75, 3.05) is 20.3 Å². The van der Waals surface area contributed by atoms with E-state index in [1.54, 1.807) is 0 Å². The second kappa shape index (κ2) is 8.81. The third kappa shape index (κ3) is 3.84. The van der Waals surface area contributed by atoms with Crippen molar-refractivity contribution >= 4 is 49.2 Å². The Bertz CT molecular complexity index is 1660. The van der Waals surface area contributed by atoms with E-state index in [-0.39, 0.29) is 5.92 Å². The summed E-state index contributed by atoms with van der Waals surface area (Å²) >= 11 is 9.99. The van der Waals surface area contributed by atoms with Gasteiger partial charge in [0, 0.05) is 32.9 Å². The zero-order valence-electron chi connectivity index (χ0n) is 20.2. The van der Waals surface area contributed by atoms with Gasteiger partial charge in [-0.05, 0) is 83.9 Å². The van der Waals surface area contributed by atoms with Crippen molar-refractivity contribution in [3.05, 3.63) is 111 Å². The van der Waals surface area contributed by atoms with Crippen LogP contribution < -0.4 is 4.74 Å². The molecule has 184 valence electrons. The first-order chi connectivity index (χ1) is 18.0. The maximum Gasteiger partial charge on any atom is 0.223 e. The van der Waals surface area contributed by atoms with Gasteiger partial charge in [0.2, 0.25) is 5.88 Å². The molecule has 1 saturated heterocycles. The van der Waals surface area contributed by atoms with Gasteiger partial charge in [-0.15, -0.1) is 0 Å². The number of rotatable bonds is 1. The number of fused-ring (bicyclic) bond motifs is 7. The van der Waals surface area contributed by atoms with Gasteiger partial charge in [-0.25, -0.2) is 4.98 Å². The molecule has 1 spiro atoms. The van der Waals surface area contributed by atoms with Crippen LogP contribution in [0, 0.1) is 0 Å². The van der Waals surface area contributed by atoms with E-state index >= 15 is 0 Å². The molecule has 6 heteroatoms. The maximum absolute atomic E-state index is 6.99. The van der Waals surface area contributed by atoms with E-state index in [4.69, 9.17) is 26.1 Å². The van der Waals surface area contributed by atoms with E-state index in [0.29, 0.717) is 17.6 Å². The largest absolute Gasteiger partial charge is 0.439 e. The highest BCUT2D eigenvalue weighted by atomic mass is 79.9. The van der Waals surface area contributed by atoms with Gasteiger partial charge < -0.3 is 9.47 Å². The zero-order chi connectivity index (χ0) is 25.1. The summed E-state index contributed by atoms with van der Waals surface area (Å²) in [7, 11) is 2.10. The lowest BCUT2D eigenvalue weighted by Crippen LogP contribution is -2.47. The van der Waals surface area contributed by atoms with Crippen LogP contribution in [-0.4, -0.2) is 30.2 Å². The number of hydrogen-bond donors (Lipinski definition) is 0. The van der Waals surface area contributed by atoms with Gasteiger partial charge in [-0.2, -0.15) is 0 Å². The number of halogens is 2. The number of pyridine rings is 1. The number of aromatic nitrogens is 1. The lowest BCUT2D eigenvalue weighted by Gasteiger charge is -2.47. The normalized spacial score (nSPS) is 21.4. The summed E-state index contributed by atoms with van der Waals surface area (Å²) < 4.78 is 14.6. The lowest BCUT2D eigenvalue weighted by molar-refractivity contribution is -0.145. The molecule has 37 heavy (non-hydrogen) atoms. The van der Waals surface area contributed by atoms with Crippen LogP contribution >= 0.6 is 27.5 Å². The first-order valence-electron chi connectivity index (χ1n) is 12.4. The predicted molar refractivity (Wildman–Crippen MR) is 152 cm³/mol. The Balaban J connectivity index is 1.61. The van der Waals surface area contributed by atoms with Crippen molar-refractivity contribution in [2.45, 2.75) is 17.9 Å². The van der Waals surface area contributed by atoms with Gasteiger partial charge in [-0.3, -0.25) is 4.90 Å². The van der Waals surface area contributed by atoms with Crippen LogP contribution in [0.25, 0.3) is 21.7 Å². The molecule has 2 aliphatic rings. The SMILES string of the molecule is CN1CC[C@]2(OC1)c1cc(cc3ccccc13)Oc1nc3ccc(Br)cc3cc1[C@H]2c1ccc(Cl)cc1. The molecule has 1 aromatic heterocycles. The monoisotopic (exact) mass is 570 g/mol. The van der Waals surface area contributed by atoms with Crippen LogP contribution in [0.2, 0.25) is 5.02 Å². The van der Waals surface area contributed by atoms with Crippen molar-refractivity contribution in [1.82, 2.24) is 9.88 Å². The Morgan fingerprint density at radius 3 is 2.62 bits per heavy atom. The predicted octanol–water partition coefficient (Wildman–Crippen LogP) is 8.25. The summed E-state index contributed by atoms with van der Waals surface area (Å²) in [6.45, 7) is 1.44. The second-order valence-corrected chi connectivity index (χ2v) is 11.3. The summed E-state index contributed by atoms with van der Waals surface area (Å²) in [6, 6.07) is 29.2. The van der Waals surface area contributed by atoms with E-state index < -0.39 is 5.60 Å². The fourth-order valence-corrected chi connectivity index (χ4v) is 6.41. The van der Waals surface area contributed by atoms with E-state index in [1.807, 2.05) is 24.3 Å². The Morgan fingerprint density at radius 1 is 0.973 bits per heavy atom. The summed E-state index contributed by atoms with van der Waals surface area (Å²) in [5.74, 6) is 1.22. The summed E-state index contributed by atoms with van der Waals surface area (Å²) in [6.07, 6.45) is 0.820. The fraction of sp³-hybridized carbons (Fsp3) is 0.194. The number of hydrogen-bond acceptors (Lipinski definition) is 4. The first-order valence-corrected chi connectivity index (χ1v) is 13.6. The molecule has 4 aromatic carbocycles. The van der Waals surface area contributed by atoms with Crippen LogP contribution in [-0.2, 0) is 10.3 Å². The highest BCUT2D eigenvalue weighted by Gasteiger charge is 2.48. The highest BCUT2D eigenvalue weighted by molar-refractivity contribution is 9.10. The molecule has 0 unspecified atom stereocenters. The molecule has 0 N–H and O–H groups in total. The van der Waals surface area contributed by atoms with E-state index in [2.05, 4.69) is 88.5 Å². The molecule has 0 aliphatic carbocycles. The van der Waals surface area contributed by atoms with E-state index in [0.717, 1.165) is 56.2 Å². The van der Waals surface area contributed by atoms with Crippen LogP contribution in [0.1, 0.15) is 29.0 Å². The molecule has 0 radical (unpaired) electrons. The average molecular weight is 572 g/mol. The number of ether oxygens (including phenoxy) is 2. The smallest absolute Gasteiger partial charge is 0.223 e. The molecule has 2 atom stereocenters. The van der Waals surface area contributed by atoms with Crippen molar-refractivity contribution in [1.29, 1.82) is 0 Å². The molecule has 7 rings (SSSR count). The minimum absolute atomic E-state index is 0.164. The van der Waals surface area contributed by atoms with Crippen LogP contribution in [0.3, 0.4) is 0 Å². The number of nitrogens with zero attached hydrogens (tertiary/aromatic N) is 2. The lowest BCUT2D eigenvalue weighted by atomic mass is 9.69. The molecule has 1 fully saturated rings. The van der Waals surface area contributed by atoms with Crippen molar-refractivity contribution in [3.8, 4) is 11.6 Å². The average Bonchev–Trinajstić information content (AvgIpc) is 2.90. The van der Waals surface area contributed by atoms with Gasteiger partial charge in [0.05, 0.1) is 5.52 Å². The fourth-order valence-electron chi connectivity index (χ4n) is 5.91. The summed E-state index contributed by atoms with van der Waals surface area (Å²) in [5, 5.41) is 4.06. The van der Waals surface area contributed by atoms with Crippen LogP contribution in [0.5, 0.6) is 11.6 Å². The van der Waals surface area contributed by atoms with Gasteiger partial charge in [0.1, 0.15) is 18.1 Å². The van der Waals surface area contributed by atoms with Gasteiger partial charge in [0.25, 0.3) is 0 Å². The molecule has 4 nitrogen and oxygen atoms in total. The zero-order valence-corrected chi connectivity index (χ0v) is 22.6. The Hall–Kier alpha value is -2.96. The minimum Gasteiger partial charge on any atom is -0.439 e. The molecular formula is C31H24BrClN2O2. The van der Waals surface area contributed by atoms with Crippen LogP contribution in [0.4, 0.5) is 0 Å². The molecule has 2 aliphatic heterocycles. The Morgan fingerprint density at radius 2 is 1.81 bits per heavy atom. The molecule has 3 heterocycles. The second-order valence-electron chi connectivity index (χ2n) is 9.99. The van der Waals surface area contributed by atoms with Crippen molar-refractivity contribution < 1.29 is 9.47 Å². The van der Waals surface area contributed by atoms with E-state index in [9.17, 15) is 0 Å². The van der Waals surface area contributed by atoms with Crippen molar-refractivity contribution in [2.24, 2.45) is 0 Å². The van der Waals surface area contributed by atoms with Gasteiger partial charge in [0.15, 0.2) is 0 Å². The Kier molecular flexibility index (Phi) is 5.52. The standard InChI is InChI=1S/C31H24BrClN2O2/c1-35-13-12-31(36-18-35)27-17-24(15-20-4-2-3-5-25(20)27)37-30-26(29(31)19-6-9-23(33)10-7-19)16-21-14-22(32)8-11-28(21)34-30/h2-11,14-17,29H,12-13,18H2,1H3/t29-,31+/m1/s1. The molecule has 5 aromatic rings. The van der Waals surface area contributed by atoms with Crippen LogP contribution in [0.15, 0.2) is 89.4 Å². The highest BCUT2D eigenvalue weighted by Crippen LogP contribution is 2.55. The molecule has 0 amide bonds. The van der Waals surface area contributed by atoms with Gasteiger partial charge >= 0.3 is 0 Å². The minimum atomic E-state index is -0.629. The third-order valence-electron chi connectivity index (χ3n) is 7.66. The maximum atomic E-state index is 6.99. The quantitative estimate of drug-likeness (QED) is 0.203. The van der Waals surface area contributed by atoms with E-state index in [1.165, 1.54) is 5.39 Å². The first kappa shape index (κ1) is 23.2. The van der Waals surface area contributed by atoms with Gasteiger partial charge in [-0.1, -0.05) is 63.9 Å². The molecule has 2 bridgehead atoms. The topological polar surface area (TPSA) is 34.6 Å². The third-order valence-corrected chi connectivity index (χ3v) is 8.41. The molecule has 0 saturated carbocycles. The molecular weight excluding hydrogens is 548 g/mol. The van der Waals surface area contributed by atoms with Crippen molar-refractivity contribution in [3.63, 3.8) is 0 Å².